The van der Waals surface area contributed by atoms with E-state index in [1.165, 1.54) is 24.3 Å². The number of nitrogens with zero attached hydrogens (tertiary/aromatic N) is 4. The first kappa shape index (κ1) is 22.2. The fourth-order valence-corrected chi connectivity index (χ4v) is 3.96. The summed E-state index contributed by atoms with van der Waals surface area (Å²) in [7, 11) is 0. The van der Waals surface area contributed by atoms with Crippen LogP contribution in [-0.2, 0) is 0 Å². The Hall–Kier alpha value is -4.02. The molecule has 2 aliphatic heterocycles. The molecular formula is C22H22FN5O5. The number of hydrogen-bond donors (Lipinski definition) is 1. The second kappa shape index (κ2) is 9.23. The molecule has 2 aliphatic rings. The molecule has 2 heterocycles. The Morgan fingerprint density at radius 3 is 2.33 bits per heavy atom. The van der Waals surface area contributed by atoms with Gasteiger partial charge in [-0.05, 0) is 36.8 Å². The van der Waals surface area contributed by atoms with Crippen LogP contribution < -0.4 is 10.2 Å². The van der Waals surface area contributed by atoms with Gasteiger partial charge in [-0.3, -0.25) is 24.6 Å². The summed E-state index contributed by atoms with van der Waals surface area (Å²) in [5, 5.41) is 13.7. The van der Waals surface area contributed by atoms with Gasteiger partial charge in [0.05, 0.1) is 16.1 Å². The van der Waals surface area contributed by atoms with Crippen LogP contribution in [0.3, 0.4) is 0 Å². The van der Waals surface area contributed by atoms with Crippen molar-refractivity contribution in [3.05, 3.63) is 69.5 Å². The van der Waals surface area contributed by atoms with Gasteiger partial charge in [0.25, 0.3) is 17.5 Å². The third-order valence-corrected chi connectivity index (χ3v) is 5.76. The lowest BCUT2D eigenvalue weighted by atomic mass is 10.1. The summed E-state index contributed by atoms with van der Waals surface area (Å²) in [5.41, 5.74) is 0.831. The molecule has 2 aromatic rings. The van der Waals surface area contributed by atoms with Gasteiger partial charge in [-0.2, -0.15) is 0 Å². The highest BCUT2D eigenvalue weighted by atomic mass is 19.1. The number of urea groups is 1. The topological polar surface area (TPSA) is 116 Å². The summed E-state index contributed by atoms with van der Waals surface area (Å²) in [6, 6.07) is 9.61. The number of nitro benzene ring substituents is 1. The van der Waals surface area contributed by atoms with Crippen molar-refractivity contribution in [1.82, 2.24) is 15.1 Å². The molecule has 0 unspecified atom stereocenters. The molecule has 4 amide bonds. The van der Waals surface area contributed by atoms with Crippen molar-refractivity contribution in [2.45, 2.75) is 6.42 Å². The highest BCUT2D eigenvalue weighted by Gasteiger charge is 2.36. The Kier molecular flexibility index (Phi) is 6.20. The van der Waals surface area contributed by atoms with E-state index in [0.29, 0.717) is 32.6 Å². The maximum Gasteiger partial charge on any atom is 0.317 e. The van der Waals surface area contributed by atoms with Crippen LogP contribution in [0.2, 0.25) is 0 Å². The van der Waals surface area contributed by atoms with Gasteiger partial charge in [-0.1, -0.05) is 0 Å². The Balaban J connectivity index is 1.22. The third-order valence-electron chi connectivity index (χ3n) is 5.76. The lowest BCUT2D eigenvalue weighted by Crippen LogP contribution is -2.52. The fourth-order valence-electron chi connectivity index (χ4n) is 3.96. The molecule has 0 bridgehead atoms. The number of rotatable bonds is 6. The minimum atomic E-state index is -0.615. The molecule has 1 fully saturated rings. The quantitative estimate of drug-likeness (QED) is 0.309. The van der Waals surface area contributed by atoms with Crippen LogP contribution in [0, 0.1) is 15.9 Å². The fraction of sp³-hybridized carbons (Fsp3) is 0.318. The molecule has 0 aliphatic carbocycles. The number of nitrogens with one attached hydrogen (secondary N) is 1. The first-order valence-corrected chi connectivity index (χ1v) is 10.5. The SMILES string of the molecule is O=C(NCCCN1C(=O)c2ccc([N+](=O)[O-])cc2C1=O)N1CCN(c2ccc(F)cc2)CC1. The van der Waals surface area contributed by atoms with E-state index in [2.05, 4.69) is 10.2 Å². The lowest BCUT2D eigenvalue weighted by molar-refractivity contribution is -0.384. The number of benzene rings is 2. The number of halogens is 1. The van der Waals surface area contributed by atoms with E-state index in [4.69, 9.17) is 0 Å². The number of carbonyl (C=O) groups excluding carboxylic acids is 3. The minimum Gasteiger partial charge on any atom is -0.368 e. The van der Waals surface area contributed by atoms with Gasteiger partial charge in [-0.25, -0.2) is 9.18 Å². The molecule has 0 aromatic heterocycles. The number of anilines is 1. The Morgan fingerprint density at radius 1 is 1.00 bits per heavy atom. The third kappa shape index (κ3) is 4.61. The molecule has 10 nitrogen and oxygen atoms in total. The van der Waals surface area contributed by atoms with Crippen LogP contribution in [0.1, 0.15) is 27.1 Å². The standard InChI is InChI=1S/C22H22FN5O5/c23-15-2-4-16(5-3-15)25-10-12-26(13-11-25)22(31)24-8-1-9-27-20(29)18-7-6-17(28(32)33)14-19(18)21(27)30/h2-7,14H,1,8-13H2,(H,24,31). The summed E-state index contributed by atoms with van der Waals surface area (Å²) in [5.74, 6) is -1.35. The van der Waals surface area contributed by atoms with Gasteiger partial charge in [0.1, 0.15) is 5.82 Å². The van der Waals surface area contributed by atoms with Crippen molar-refractivity contribution in [1.29, 1.82) is 0 Å². The van der Waals surface area contributed by atoms with Gasteiger partial charge in [0, 0.05) is 57.1 Å². The first-order valence-electron chi connectivity index (χ1n) is 10.5. The Morgan fingerprint density at radius 2 is 1.67 bits per heavy atom. The second-order valence-corrected chi connectivity index (χ2v) is 7.78. The van der Waals surface area contributed by atoms with E-state index in [1.807, 2.05) is 0 Å². The zero-order chi connectivity index (χ0) is 23.5. The van der Waals surface area contributed by atoms with Gasteiger partial charge in [0.15, 0.2) is 0 Å². The predicted molar refractivity (Wildman–Crippen MR) is 117 cm³/mol. The lowest BCUT2D eigenvalue weighted by Gasteiger charge is -2.36. The number of amides is 4. The van der Waals surface area contributed by atoms with E-state index in [1.54, 1.807) is 17.0 Å². The number of hydrogen-bond acceptors (Lipinski definition) is 6. The van der Waals surface area contributed by atoms with Crippen molar-refractivity contribution in [3.63, 3.8) is 0 Å². The number of non-ortho nitro benzene ring substituents is 1. The van der Waals surface area contributed by atoms with Crippen molar-refractivity contribution in [2.24, 2.45) is 0 Å². The van der Waals surface area contributed by atoms with E-state index >= 15 is 0 Å². The van der Waals surface area contributed by atoms with Crippen LogP contribution in [0.5, 0.6) is 0 Å². The van der Waals surface area contributed by atoms with Crippen LogP contribution in [0.4, 0.5) is 20.6 Å². The first-order chi connectivity index (χ1) is 15.8. The monoisotopic (exact) mass is 455 g/mol. The summed E-state index contributed by atoms with van der Waals surface area (Å²) >= 11 is 0. The van der Waals surface area contributed by atoms with Gasteiger partial charge in [0.2, 0.25) is 0 Å². The smallest absolute Gasteiger partial charge is 0.317 e. The molecule has 11 heteroatoms. The van der Waals surface area contributed by atoms with Crippen molar-refractivity contribution < 1.29 is 23.7 Å². The van der Waals surface area contributed by atoms with E-state index in [-0.39, 0.29) is 41.8 Å². The average Bonchev–Trinajstić information content (AvgIpc) is 3.06. The molecular weight excluding hydrogens is 433 g/mol. The molecule has 172 valence electrons. The number of fused-ring (bicyclic) bond motifs is 1. The normalized spacial score (nSPS) is 15.6. The number of carbonyl (C=O) groups is 3. The summed E-state index contributed by atoms with van der Waals surface area (Å²) < 4.78 is 13.1. The van der Waals surface area contributed by atoms with Crippen molar-refractivity contribution >= 4 is 29.2 Å². The maximum absolute atomic E-state index is 13.1. The van der Waals surface area contributed by atoms with E-state index < -0.39 is 16.7 Å². The van der Waals surface area contributed by atoms with Gasteiger partial charge >= 0.3 is 6.03 Å². The van der Waals surface area contributed by atoms with Crippen molar-refractivity contribution in [3.8, 4) is 0 Å². The number of imide groups is 1. The molecule has 0 atom stereocenters. The number of piperazine rings is 1. The molecule has 4 rings (SSSR count). The zero-order valence-corrected chi connectivity index (χ0v) is 17.7. The molecule has 1 N–H and O–H groups in total. The molecule has 0 spiro atoms. The van der Waals surface area contributed by atoms with Crippen LogP contribution in [0.25, 0.3) is 0 Å². The largest absolute Gasteiger partial charge is 0.368 e. The van der Waals surface area contributed by atoms with E-state index in [0.717, 1.165) is 16.7 Å². The number of nitro groups is 1. The molecule has 33 heavy (non-hydrogen) atoms. The molecule has 0 saturated carbocycles. The van der Waals surface area contributed by atoms with Crippen LogP contribution in [-0.4, -0.2) is 71.8 Å². The summed E-state index contributed by atoms with van der Waals surface area (Å²) in [4.78, 5) is 52.5. The van der Waals surface area contributed by atoms with E-state index in [9.17, 15) is 28.9 Å². The summed E-state index contributed by atoms with van der Waals surface area (Å²) in [6.45, 7) is 2.64. The molecule has 0 radical (unpaired) electrons. The van der Waals surface area contributed by atoms with Crippen LogP contribution >= 0.6 is 0 Å². The second-order valence-electron chi connectivity index (χ2n) is 7.78. The Bertz CT molecular complexity index is 1100. The highest BCUT2D eigenvalue weighted by Crippen LogP contribution is 2.26. The van der Waals surface area contributed by atoms with Gasteiger partial charge in [-0.15, -0.1) is 0 Å². The zero-order valence-electron chi connectivity index (χ0n) is 17.7. The average molecular weight is 455 g/mol. The highest BCUT2D eigenvalue weighted by molar-refractivity contribution is 6.21. The minimum absolute atomic E-state index is 0.0252. The molecule has 2 aromatic carbocycles. The summed E-state index contributed by atoms with van der Waals surface area (Å²) in [6.07, 6.45) is 0.356. The predicted octanol–water partition coefficient (Wildman–Crippen LogP) is 2.25. The van der Waals surface area contributed by atoms with Gasteiger partial charge < -0.3 is 15.1 Å². The Labute approximate surface area is 188 Å². The van der Waals surface area contributed by atoms with Crippen LogP contribution in [0.15, 0.2) is 42.5 Å². The molecule has 1 saturated heterocycles. The maximum atomic E-state index is 13.1. The van der Waals surface area contributed by atoms with Crippen molar-refractivity contribution in [2.75, 3.05) is 44.2 Å².